The van der Waals surface area contributed by atoms with Gasteiger partial charge in [0.1, 0.15) is 5.69 Å². The highest BCUT2D eigenvalue weighted by Crippen LogP contribution is 2.33. The molecule has 2 aromatic rings. The molecule has 2 heterocycles. The molecule has 1 aliphatic heterocycles. The zero-order chi connectivity index (χ0) is 16.6. The Balaban J connectivity index is 2.02. The minimum absolute atomic E-state index is 0.0206. The van der Waals surface area contributed by atoms with Gasteiger partial charge in [0, 0.05) is 18.3 Å². The van der Waals surface area contributed by atoms with Gasteiger partial charge < -0.3 is 15.6 Å². The number of hydrogen-bond acceptors (Lipinski definition) is 2. The van der Waals surface area contributed by atoms with Gasteiger partial charge in [-0.3, -0.25) is 4.79 Å². The van der Waals surface area contributed by atoms with Crippen molar-refractivity contribution in [3.05, 3.63) is 47.8 Å². The molecule has 122 valence electrons. The summed E-state index contributed by atoms with van der Waals surface area (Å²) in [5.41, 5.74) is 6.35. The van der Waals surface area contributed by atoms with Crippen LogP contribution in [0.4, 0.5) is 13.2 Å². The highest BCUT2D eigenvalue weighted by molar-refractivity contribution is 5.95. The molecule has 1 aromatic carbocycles. The smallest absolute Gasteiger partial charge is 0.349 e. The molecule has 1 aromatic heterocycles. The number of nitrogens with two attached hydrogens (primary N) is 1. The molecular weight excluding hydrogens is 307 g/mol. The summed E-state index contributed by atoms with van der Waals surface area (Å²) < 4.78 is 40.4. The molecule has 0 aliphatic carbocycles. The van der Waals surface area contributed by atoms with Crippen LogP contribution in [0.15, 0.2) is 36.5 Å². The number of fused-ring (bicyclic) bond motifs is 1. The van der Waals surface area contributed by atoms with E-state index in [9.17, 15) is 18.0 Å². The average molecular weight is 323 g/mol. The maximum atomic E-state index is 12.9. The number of amides is 1. The normalized spacial score (nSPS) is 17.7. The molecular formula is C16H16F3N3O. The van der Waals surface area contributed by atoms with E-state index in [1.165, 1.54) is 6.07 Å². The number of aromatic nitrogens is 1. The van der Waals surface area contributed by atoms with Crippen LogP contribution < -0.4 is 11.1 Å². The molecule has 0 spiro atoms. The van der Waals surface area contributed by atoms with Crippen LogP contribution in [0.25, 0.3) is 11.1 Å². The van der Waals surface area contributed by atoms with E-state index in [0.29, 0.717) is 36.3 Å². The van der Waals surface area contributed by atoms with Crippen molar-refractivity contribution in [2.45, 2.75) is 18.6 Å². The van der Waals surface area contributed by atoms with Gasteiger partial charge in [-0.2, -0.15) is 13.2 Å². The lowest BCUT2D eigenvalue weighted by Crippen LogP contribution is -2.39. The van der Waals surface area contributed by atoms with Crippen LogP contribution in [-0.4, -0.2) is 23.6 Å². The SMILES string of the molecule is NCCC1CNC(=O)c2cc(-c3cccc(C(F)(F)F)c3)cn21. The molecule has 0 saturated heterocycles. The Hall–Kier alpha value is -2.28. The molecule has 0 bridgehead atoms. The number of carbonyl (C=O) groups is 1. The monoisotopic (exact) mass is 323 g/mol. The number of benzene rings is 1. The van der Waals surface area contributed by atoms with Gasteiger partial charge in [-0.1, -0.05) is 12.1 Å². The Labute approximate surface area is 131 Å². The van der Waals surface area contributed by atoms with Gasteiger partial charge in [0.05, 0.1) is 11.6 Å². The van der Waals surface area contributed by atoms with Crippen LogP contribution in [-0.2, 0) is 6.18 Å². The third kappa shape index (κ3) is 2.96. The zero-order valence-electron chi connectivity index (χ0n) is 12.2. The van der Waals surface area contributed by atoms with Crippen molar-refractivity contribution in [1.82, 2.24) is 9.88 Å². The molecule has 3 N–H and O–H groups in total. The van der Waals surface area contributed by atoms with E-state index < -0.39 is 11.7 Å². The van der Waals surface area contributed by atoms with Crippen molar-refractivity contribution in [3.8, 4) is 11.1 Å². The van der Waals surface area contributed by atoms with E-state index in [2.05, 4.69) is 5.32 Å². The van der Waals surface area contributed by atoms with Gasteiger partial charge in [-0.25, -0.2) is 0 Å². The lowest BCUT2D eigenvalue weighted by atomic mass is 10.1. The number of carbonyl (C=O) groups excluding carboxylic acids is 1. The summed E-state index contributed by atoms with van der Waals surface area (Å²) in [6.07, 6.45) is -1.98. The summed E-state index contributed by atoms with van der Waals surface area (Å²) in [6.45, 7) is 0.941. The van der Waals surface area contributed by atoms with Crippen molar-refractivity contribution in [2.24, 2.45) is 5.73 Å². The van der Waals surface area contributed by atoms with Crippen LogP contribution in [0, 0.1) is 0 Å². The summed E-state index contributed by atoms with van der Waals surface area (Å²) in [7, 11) is 0. The third-order valence-electron chi connectivity index (χ3n) is 4.00. The topological polar surface area (TPSA) is 60.0 Å². The molecule has 1 amide bonds. The molecule has 3 rings (SSSR count). The fourth-order valence-electron chi connectivity index (χ4n) is 2.83. The van der Waals surface area contributed by atoms with Crippen molar-refractivity contribution >= 4 is 5.91 Å². The summed E-state index contributed by atoms with van der Waals surface area (Å²) >= 11 is 0. The average Bonchev–Trinajstić information content (AvgIpc) is 2.96. The van der Waals surface area contributed by atoms with E-state index >= 15 is 0 Å². The molecule has 0 fully saturated rings. The zero-order valence-corrected chi connectivity index (χ0v) is 12.2. The first-order valence-corrected chi connectivity index (χ1v) is 7.28. The van der Waals surface area contributed by atoms with E-state index in [-0.39, 0.29) is 11.9 Å². The summed E-state index contributed by atoms with van der Waals surface area (Å²) in [4.78, 5) is 12.0. The minimum Gasteiger partial charge on any atom is -0.349 e. The Bertz CT molecular complexity index is 736. The van der Waals surface area contributed by atoms with Gasteiger partial charge in [-0.05, 0) is 36.7 Å². The fraction of sp³-hybridized carbons (Fsp3) is 0.312. The lowest BCUT2D eigenvalue weighted by Gasteiger charge is -2.25. The molecule has 1 aliphatic rings. The Morgan fingerprint density at radius 2 is 2.04 bits per heavy atom. The number of rotatable bonds is 3. The number of halogens is 3. The molecule has 0 saturated carbocycles. The first-order chi connectivity index (χ1) is 10.9. The Morgan fingerprint density at radius 3 is 2.74 bits per heavy atom. The number of nitrogens with zero attached hydrogens (tertiary/aromatic N) is 1. The Kier molecular flexibility index (Phi) is 3.89. The number of hydrogen-bond donors (Lipinski definition) is 2. The highest BCUT2D eigenvalue weighted by atomic mass is 19.4. The third-order valence-corrected chi connectivity index (χ3v) is 4.00. The number of alkyl halides is 3. The maximum absolute atomic E-state index is 12.9. The quantitative estimate of drug-likeness (QED) is 0.912. The Morgan fingerprint density at radius 1 is 1.26 bits per heavy atom. The van der Waals surface area contributed by atoms with Gasteiger partial charge >= 0.3 is 6.18 Å². The first kappa shape index (κ1) is 15.6. The second kappa shape index (κ2) is 5.73. The molecule has 4 nitrogen and oxygen atoms in total. The van der Waals surface area contributed by atoms with Crippen molar-refractivity contribution < 1.29 is 18.0 Å². The lowest BCUT2D eigenvalue weighted by molar-refractivity contribution is -0.137. The van der Waals surface area contributed by atoms with Gasteiger partial charge in [0.2, 0.25) is 0 Å². The molecule has 23 heavy (non-hydrogen) atoms. The summed E-state index contributed by atoms with van der Waals surface area (Å²) in [6, 6.07) is 6.74. The predicted octanol–water partition coefficient (Wildman–Crippen LogP) is 2.81. The van der Waals surface area contributed by atoms with Crippen LogP contribution in [0.3, 0.4) is 0 Å². The van der Waals surface area contributed by atoms with Crippen molar-refractivity contribution in [2.75, 3.05) is 13.1 Å². The molecule has 1 unspecified atom stereocenters. The van der Waals surface area contributed by atoms with Crippen LogP contribution in [0.5, 0.6) is 0 Å². The fourth-order valence-corrected chi connectivity index (χ4v) is 2.83. The molecule has 1 atom stereocenters. The minimum atomic E-state index is -4.39. The first-order valence-electron chi connectivity index (χ1n) is 7.28. The summed E-state index contributed by atoms with van der Waals surface area (Å²) in [5.74, 6) is -0.225. The van der Waals surface area contributed by atoms with Crippen LogP contribution in [0.1, 0.15) is 28.5 Å². The van der Waals surface area contributed by atoms with E-state index in [1.54, 1.807) is 22.9 Å². The largest absolute Gasteiger partial charge is 0.416 e. The highest BCUT2D eigenvalue weighted by Gasteiger charge is 2.31. The van der Waals surface area contributed by atoms with E-state index in [1.807, 2.05) is 0 Å². The molecule has 0 radical (unpaired) electrons. The summed E-state index contributed by atoms with van der Waals surface area (Å²) in [5, 5.41) is 2.78. The van der Waals surface area contributed by atoms with Crippen LogP contribution in [0.2, 0.25) is 0 Å². The van der Waals surface area contributed by atoms with Crippen LogP contribution >= 0.6 is 0 Å². The van der Waals surface area contributed by atoms with E-state index in [4.69, 9.17) is 5.73 Å². The second-order valence-corrected chi connectivity index (χ2v) is 5.54. The second-order valence-electron chi connectivity index (χ2n) is 5.54. The number of nitrogens with one attached hydrogen (secondary N) is 1. The van der Waals surface area contributed by atoms with Crippen molar-refractivity contribution in [1.29, 1.82) is 0 Å². The predicted molar refractivity (Wildman–Crippen MR) is 79.9 cm³/mol. The van der Waals surface area contributed by atoms with Gasteiger partial charge in [0.25, 0.3) is 5.91 Å². The van der Waals surface area contributed by atoms with Crippen molar-refractivity contribution in [3.63, 3.8) is 0 Å². The van der Waals surface area contributed by atoms with Gasteiger partial charge in [0.15, 0.2) is 0 Å². The van der Waals surface area contributed by atoms with Gasteiger partial charge in [-0.15, -0.1) is 0 Å². The maximum Gasteiger partial charge on any atom is 0.416 e. The van der Waals surface area contributed by atoms with E-state index in [0.717, 1.165) is 12.1 Å². The molecule has 7 heteroatoms. The standard InChI is InChI=1S/C16H16F3N3O/c17-16(18,19)12-3-1-2-10(6-12)11-7-14-15(23)21-8-13(4-5-20)22(14)9-11/h1-3,6-7,9,13H,4-5,8,20H2,(H,21,23).